The summed E-state index contributed by atoms with van der Waals surface area (Å²) in [5.74, 6) is -0.839. The Balaban J connectivity index is 1.31. The Bertz CT molecular complexity index is 1140. The van der Waals surface area contributed by atoms with Gasteiger partial charge in [0.25, 0.3) is 11.8 Å². The standard InChI is InChI=1S/C25H26N4O4S/c1-28(17-23(30)26-19-7-9-21(10-8-19)29-11-13-33-14-12-29)25(32)18-4-2-5-20(16-18)27-24(31)22-6-3-15-34-22/h2-10,15-16H,11-14,17H2,1H3,(H,26,30)(H,27,31). The van der Waals surface area contributed by atoms with Crippen LogP contribution >= 0.6 is 11.3 Å². The van der Waals surface area contributed by atoms with Gasteiger partial charge >= 0.3 is 0 Å². The molecule has 8 nitrogen and oxygen atoms in total. The Morgan fingerprint density at radius 3 is 2.44 bits per heavy atom. The Kier molecular flexibility index (Phi) is 7.56. The minimum atomic E-state index is -0.315. The number of hydrogen-bond acceptors (Lipinski definition) is 6. The van der Waals surface area contributed by atoms with E-state index < -0.39 is 0 Å². The van der Waals surface area contributed by atoms with E-state index in [2.05, 4.69) is 15.5 Å². The molecule has 9 heteroatoms. The van der Waals surface area contributed by atoms with Gasteiger partial charge in [0.1, 0.15) is 0 Å². The number of anilines is 3. The van der Waals surface area contributed by atoms with Crippen LogP contribution in [-0.2, 0) is 9.53 Å². The number of benzene rings is 2. The highest BCUT2D eigenvalue weighted by atomic mass is 32.1. The second-order valence-corrected chi connectivity index (χ2v) is 8.82. The number of ether oxygens (including phenoxy) is 1. The third-order valence-corrected chi connectivity index (χ3v) is 6.24. The molecule has 34 heavy (non-hydrogen) atoms. The van der Waals surface area contributed by atoms with Crippen molar-refractivity contribution in [3.05, 3.63) is 76.5 Å². The van der Waals surface area contributed by atoms with Crippen LogP contribution in [0.15, 0.2) is 66.0 Å². The molecule has 176 valence electrons. The fourth-order valence-corrected chi connectivity index (χ4v) is 4.23. The normalized spacial score (nSPS) is 13.3. The summed E-state index contributed by atoms with van der Waals surface area (Å²) in [6, 6.07) is 17.8. The highest BCUT2D eigenvalue weighted by Crippen LogP contribution is 2.19. The van der Waals surface area contributed by atoms with Crippen LogP contribution < -0.4 is 15.5 Å². The lowest BCUT2D eigenvalue weighted by Gasteiger charge is -2.28. The van der Waals surface area contributed by atoms with Gasteiger partial charge in [-0.15, -0.1) is 11.3 Å². The van der Waals surface area contributed by atoms with Crippen LogP contribution in [0.1, 0.15) is 20.0 Å². The molecular weight excluding hydrogens is 452 g/mol. The van der Waals surface area contributed by atoms with Crippen molar-refractivity contribution in [3.63, 3.8) is 0 Å². The molecule has 3 aromatic rings. The highest BCUT2D eigenvalue weighted by molar-refractivity contribution is 7.12. The van der Waals surface area contributed by atoms with Gasteiger partial charge in [-0.2, -0.15) is 0 Å². The first-order valence-corrected chi connectivity index (χ1v) is 11.8. The molecule has 1 aliphatic heterocycles. The number of amides is 3. The summed E-state index contributed by atoms with van der Waals surface area (Å²) >= 11 is 1.34. The van der Waals surface area contributed by atoms with E-state index in [0.717, 1.165) is 18.8 Å². The number of thiophene rings is 1. The molecule has 0 atom stereocenters. The molecule has 0 saturated carbocycles. The number of carbonyl (C=O) groups excluding carboxylic acids is 3. The second-order valence-electron chi connectivity index (χ2n) is 7.87. The van der Waals surface area contributed by atoms with Gasteiger partial charge in [-0.05, 0) is 53.9 Å². The predicted octanol–water partition coefficient (Wildman–Crippen LogP) is 3.55. The van der Waals surface area contributed by atoms with Crippen molar-refractivity contribution < 1.29 is 19.1 Å². The van der Waals surface area contributed by atoms with Gasteiger partial charge in [-0.25, -0.2) is 0 Å². The summed E-state index contributed by atoms with van der Waals surface area (Å²) < 4.78 is 5.38. The first-order chi connectivity index (χ1) is 16.5. The summed E-state index contributed by atoms with van der Waals surface area (Å²) in [5, 5.41) is 7.45. The number of hydrogen-bond donors (Lipinski definition) is 2. The molecule has 2 heterocycles. The third-order valence-electron chi connectivity index (χ3n) is 5.37. The number of likely N-dealkylation sites (N-methyl/N-ethyl adjacent to an activating group) is 1. The van der Waals surface area contributed by atoms with Gasteiger partial charge in [0, 0.05) is 42.8 Å². The van der Waals surface area contributed by atoms with Gasteiger partial charge in [0.15, 0.2) is 0 Å². The smallest absolute Gasteiger partial charge is 0.265 e. The zero-order valence-corrected chi connectivity index (χ0v) is 19.6. The van der Waals surface area contributed by atoms with Crippen LogP contribution in [0.5, 0.6) is 0 Å². The summed E-state index contributed by atoms with van der Waals surface area (Å²) in [7, 11) is 1.57. The molecule has 4 rings (SSSR count). The van der Waals surface area contributed by atoms with Crippen LogP contribution in [0.25, 0.3) is 0 Å². The minimum Gasteiger partial charge on any atom is -0.378 e. The van der Waals surface area contributed by atoms with Crippen molar-refractivity contribution in [2.24, 2.45) is 0 Å². The van der Waals surface area contributed by atoms with E-state index in [1.165, 1.54) is 16.2 Å². The third kappa shape index (κ3) is 6.00. The maximum Gasteiger partial charge on any atom is 0.265 e. The number of rotatable bonds is 7. The molecule has 0 spiro atoms. The van der Waals surface area contributed by atoms with Crippen molar-refractivity contribution in [1.82, 2.24) is 4.90 Å². The summed E-state index contributed by atoms with van der Waals surface area (Å²) in [5.41, 5.74) is 2.65. The van der Waals surface area contributed by atoms with Gasteiger partial charge in [0.2, 0.25) is 5.91 Å². The van der Waals surface area contributed by atoms with E-state index >= 15 is 0 Å². The fourth-order valence-electron chi connectivity index (χ4n) is 3.62. The Labute approximate surface area is 202 Å². The minimum absolute atomic E-state index is 0.101. The molecule has 0 bridgehead atoms. The number of carbonyl (C=O) groups is 3. The maximum absolute atomic E-state index is 12.8. The molecule has 0 unspecified atom stereocenters. The van der Waals surface area contributed by atoms with Gasteiger partial charge in [-0.1, -0.05) is 12.1 Å². The average molecular weight is 479 g/mol. The lowest BCUT2D eigenvalue weighted by molar-refractivity contribution is -0.116. The molecule has 3 amide bonds. The molecule has 0 aliphatic carbocycles. The van der Waals surface area contributed by atoms with E-state index in [9.17, 15) is 14.4 Å². The second kappa shape index (κ2) is 11.0. The summed E-state index contributed by atoms with van der Waals surface area (Å²) in [6.07, 6.45) is 0. The van der Waals surface area contributed by atoms with Gasteiger partial charge in [-0.3, -0.25) is 14.4 Å². The molecule has 2 N–H and O–H groups in total. The summed E-state index contributed by atoms with van der Waals surface area (Å²) in [6.45, 7) is 3.01. The predicted molar refractivity (Wildman–Crippen MR) is 134 cm³/mol. The van der Waals surface area contributed by atoms with E-state index in [-0.39, 0.29) is 24.3 Å². The van der Waals surface area contributed by atoms with Crippen LogP contribution in [-0.4, -0.2) is 62.5 Å². The zero-order valence-electron chi connectivity index (χ0n) is 18.8. The van der Waals surface area contributed by atoms with Crippen LogP contribution in [0.2, 0.25) is 0 Å². The molecule has 1 aliphatic rings. The van der Waals surface area contributed by atoms with Crippen molar-refractivity contribution in [2.45, 2.75) is 0 Å². The monoisotopic (exact) mass is 478 g/mol. The van der Waals surface area contributed by atoms with Gasteiger partial charge < -0.3 is 25.2 Å². The number of nitrogens with one attached hydrogen (secondary N) is 2. The van der Waals surface area contributed by atoms with E-state index in [1.54, 1.807) is 43.4 Å². The Morgan fingerprint density at radius 1 is 0.971 bits per heavy atom. The Morgan fingerprint density at radius 2 is 1.74 bits per heavy atom. The average Bonchev–Trinajstić information content (AvgIpc) is 3.40. The molecular formula is C25H26N4O4S. The zero-order chi connectivity index (χ0) is 23.9. The van der Waals surface area contributed by atoms with Crippen molar-refractivity contribution in [1.29, 1.82) is 0 Å². The fraction of sp³-hybridized carbons (Fsp3) is 0.240. The molecule has 1 fully saturated rings. The number of nitrogens with zero attached hydrogens (tertiary/aromatic N) is 2. The topological polar surface area (TPSA) is 91.0 Å². The highest BCUT2D eigenvalue weighted by Gasteiger charge is 2.17. The van der Waals surface area contributed by atoms with Crippen molar-refractivity contribution >= 4 is 46.1 Å². The molecule has 0 radical (unpaired) electrons. The summed E-state index contributed by atoms with van der Waals surface area (Å²) in [4.78, 5) is 41.8. The quantitative estimate of drug-likeness (QED) is 0.542. The SMILES string of the molecule is CN(CC(=O)Nc1ccc(N2CCOCC2)cc1)C(=O)c1cccc(NC(=O)c2cccs2)c1. The Hall–Kier alpha value is -3.69. The van der Waals surface area contributed by atoms with E-state index in [0.29, 0.717) is 35.0 Å². The first kappa shape index (κ1) is 23.5. The van der Waals surface area contributed by atoms with Crippen molar-refractivity contribution in [3.8, 4) is 0 Å². The molecule has 1 saturated heterocycles. The van der Waals surface area contributed by atoms with Crippen LogP contribution in [0.4, 0.5) is 17.1 Å². The maximum atomic E-state index is 12.8. The largest absolute Gasteiger partial charge is 0.378 e. The van der Waals surface area contributed by atoms with E-state index in [1.807, 2.05) is 29.6 Å². The van der Waals surface area contributed by atoms with E-state index in [4.69, 9.17) is 4.74 Å². The lowest BCUT2D eigenvalue weighted by atomic mass is 10.1. The van der Waals surface area contributed by atoms with Crippen molar-refractivity contribution in [2.75, 3.05) is 55.4 Å². The van der Waals surface area contributed by atoms with Gasteiger partial charge in [0.05, 0.1) is 24.6 Å². The molecule has 2 aromatic carbocycles. The first-order valence-electron chi connectivity index (χ1n) is 10.9. The van der Waals surface area contributed by atoms with Crippen LogP contribution in [0.3, 0.4) is 0 Å². The lowest BCUT2D eigenvalue weighted by Crippen LogP contribution is -2.36. The molecule has 1 aromatic heterocycles. The number of morpholine rings is 1. The van der Waals surface area contributed by atoms with Crippen LogP contribution in [0, 0.1) is 0 Å².